The van der Waals surface area contributed by atoms with E-state index in [-0.39, 0.29) is 56.2 Å². The van der Waals surface area contributed by atoms with Crippen LogP contribution in [0.3, 0.4) is 0 Å². The average molecular weight is 1030 g/mol. The molecule has 3 aliphatic rings. The van der Waals surface area contributed by atoms with Gasteiger partial charge in [0.05, 0.1) is 65.0 Å². The second-order valence-electron chi connectivity index (χ2n) is 18.0. The summed E-state index contributed by atoms with van der Waals surface area (Å²) in [4.78, 5) is 48.0. The standard InChI is InChI=1S/C51H66ClFN12O6S/c1-35-36(2)72-51-48(35)49(38-9-11-39(52)12-10-38)59-43(50-61-60-37(3)65(50)51)31-47(67)55-15-14-54-46(66)13-22-68-24-26-70-28-29-71-27-25-69-23-21-62-17-19-63(20-18-62)45-32-44(56-34-57-45)58-41-7-5-16-64(33-41)42-8-4-6-40(53)30-42/h4,6,8-12,30,32,34,41,43H,5,7,13-29,31,33H2,1-3H3,(H,54,66)(H,55,67)(H,56,57,58)/t41-,43+/m1/s1. The first-order valence-electron chi connectivity index (χ1n) is 24.9. The summed E-state index contributed by atoms with van der Waals surface area (Å²) in [5, 5.41) is 19.8. The quantitative estimate of drug-likeness (QED) is 0.0604. The highest BCUT2D eigenvalue weighted by Crippen LogP contribution is 2.39. The van der Waals surface area contributed by atoms with Gasteiger partial charge < -0.3 is 44.7 Å². The number of aromatic nitrogens is 5. The third-order valence-electron chi connectivity index (χ3n) is 12.9. The van der Waals surface area contributed by atoms with Crippen LogP contribution in [0.4, 0.5) is 21.7 Å². The number of ether oxygens (including phenoxy) is 4. The normalized spacial score (nSPS) is 17.0. The van der Waals surface area contributed by atoms with Gasteiger partial charge in [0.2, 0.25) is 11.8 Å². The number of piperidine rings is 1. The lowest BCUT2D eigenvalue weighted by Crippen LogP contribution is -2.47. The van der Waals surface area contributed by atoms with Crippen LogP contribution in [-0.4, -0.2) is 165 Å². The molecule has 0 aliphatic carbocycles. The SMILES string of the molecule is Cc1sc2c(c1C)C(c1ccc(Cl)cc1)=N[C@@H](CC(=O)NCCNC(=O)CCOCCOCCOCCOCCN1CCN(c3cc(N[C@@H]4CCCN(c5cccc(F)c5)C4)ncn3)CC1)c1nnc(C)n1-2. The molecule has 72 heavy (non-hydrogen) atoms. The minimum Gasteiger partial charge on any atom is -0.379 e. The molecule has 18 nitrogen and oxygen atoms in total. The van der Waals surface area contributed by atoms with Crippen LogP contribution in [0.2, 0.25) is 5.02 Å². The molecule has 2 atom stereocenters. The van der Waals surface area contributed by atoms with Gasteiger partial charge in [0.15, 0.2) is 5.82 Å². The third-order valence-corrected chi connectivity index (χ3v) is 14.4. The van der Waals surface area contributed by atoms with Gasteiger partial charge in [-0.25, -0.2) is 14.4 Å². The number of amides is 2. The monoisotopic (exact) mass is 1030 g/mol. The van der Waals surface area contributed by atoms with E-state index < -0.39 is 6.04 Å². The van der Waals surface area contributed by atoms with Gasteiger partial charge in [-0.15, -0.1) is 21.5 Å². The van der Waals surface area contributed by atoms with Gasteiger partial charge in [-0.3, -0.25) is 24.0 Å². The van der Waals surface area contributed by atoms with Gasteiger partial charge in [0, 0.05) is 104 Å². The number of fused-ring (bicyclic) bond motifs is 3. The number of hydrogen-bond acceptors (Lipinski definition) is 16. The number of nitrogens with one attached hydrogen (secondary N) is 3. The molecule has 2 aromatic carbocycles. The Morgan fingerprint density at radius 1 is 0.806 bits per heavy atom. The highest BCUT2D eigenvalue weighted by atomic mass is 35.5. The van der Waals surface area contributed by atoms with E-state index >= 15 is 0 Å². The molecule has 5 aromatic rings. The summed E-state index contributed by atoms with van der Waals surface area (Å²) in [7, 11) is 0. The van der Waals surface area contributed by atoms with Gasteiger partial charge >= 0.3 is 0 Å². The fourth-order valence-corrected chi connectivity index (χ4v) is 10.3. The zero-order chi connectivity index (χ0) is 50.2. The molecular weight excluding hydrogens is 963 g/mol. The van der Waals surface area contributed by atoms with Crippen LogP contribution in [0.25, 0.3) is 5.00 Å². The molecule has 0 saturated carbocycles. The fourth-order valence-electron chi connectivity index (χ4n) is 9.00. The summed E-state index contributed by atoms with van der Waals surface area (Å²) >= 11 is 7.88. The molecule has 3 aromatic heterocycles. The van der Waals surface area contributed by atoms with Gasteiger partial charge in [-0.1, -0.05) is 29.8 Å². The van der Waals surface area contributed by atoms with Crippen LogP contribution in [-0.2, 0) is 28.5 Å². The van der Waals surface area contributed by atoms with E-state index in [1.165, 1.54) is 10.9 Å². The summed E-state index contributed by atoms with van der Waals surface area (Å²) in [6.45, 7) is 16.3. The van der Waals surface area contributed by atoms with Gasteiger partial charge in [-0.2, -0.15) is 0 Å². The summed E-state index contributed by atoms with van der Waals surface area (Å²) in [5.41, 5.74) is 4.72. The smallest absolute Gasteiger partial charge is 0.222 e. The number of nitrogens with zero attached hydrogens (tertiary/aromatic N) is 9. The molecule has 0 unspecified atom stereocenters. The van der Waals surface area contributed by atoms with Crippen molar-refractivity contribution in [2.45, 2.75) is 58.5 Å². The fraction of sp³-hybridized carbons (Fsp3) is 0.510. The van der Waals surface area contributed by atoms with Crippen LogP contribution in [0, 0.1) is 26.6 Å². The number of thiophene rings is 1. The van der Waals surface area contributed by atoms with Crippen molar-refractivity contribution in [3.05, 3.63) is 105 Å². The molecule has 3 aliphatic heterocycles. The molecule has 0 radical (unpaired) electrons. The van der Waals surface area contributed by atoms with Gasteiger partial charge in [0.1, 0.15) is 40.6 Å². The number of carbonyl (C=O) groups excluding carboxylic acids is 2. The molecule has 386 valence electrons. The molecular formula is C51H66ClFN12O6S. The van der Waals surface area contributed by atoms with Crippen molar-refractivity contribution >= 4 is 57.8 Å². The molecule has 2 saturated heterocycles. The van der Waals surface area contributed by atoms with E-state index in [0.717, 1.165) is 109 Å². The van der Waals surface area contributed by atoms with Crippen LogP contribution in [0.15, 0.2) is 65.9 Å². The number of halogens is 2. The van der Waals surface area contributed by atoms with Crippen molar-refractivity contribution in [3.63, 3.8) is 0 Å². The molecule has 2 amide bonds. The van der Waals surface area contributed by atoms with E-state index in [1.807, 2.05) is 47.9 Å². The molecule has 3 N–H and O–H groups in total. The molecule has 0 spiro atoms. The van der Waals surface area contributed by atoms with Crippen LogP contribution in [0.1, 0.15) is 64.9 Å². The zero-order valence-corrected chi connectivity index (χ0v) is 43.0. The van der Waals surface area contributed by atoms with E-state index in [4.69, 9.17) is 35.5 Å². The minimum absolute atomic E-state index is 0.0601. The Balaban J connectivity index is 0.616. The van der Waals surface area contributed by atoms with Crippen LogP contribution in [0.5, 0.6) is 0 Å². The Kier molecular flexibility index (Phi) is 19.3. The lowest BCUT2D eigenvalue weighted by atomic mass is 9.99. The number of anilines is 3. The summed E-state index contributed by atoms with van der Waals surface area (Å²) < 4.78 is 38.5. The van der Waals surface area contributed by atoms with Gasteiger partial charge in [-0.05, 0) is 69.5 Å². The second kappa shape index (κ2) is 26.4. The number of rotatable bonds is 25. The highest BCUT2D eigenvalue weighted by molar-refractivity contribution is 7.15. The zero-order valence-electron chi connectivity index (χ0n) is 41.4. The Morgan fingerprint density at radius 3 is 2.25 bits per heavy atom. The molecule has 21 heteroatoms. The van der Waals surface area contributed by atoms with E-state index in [0.29, 0.717) is 57.1 Å². The second-order valence-corrected chi connectivity index (χ2v) is 19.6. The Hall–Kier alpha value is -5.61. The van der Waals surface area contributed by atoms with Crippen molar-refractivity contribution in [1.82, 2.24) is 40.3 Å². The first-order valence-corrected chi connectivity index (χ1v) is 26.1. The van der Waals surface area contributed by atoms with Crippen LogP contribution < -0.4 is 25.8 Å². The maximum Gasteiger partial charge on any atom is 0.222 e. The largest absolute Gasteiger partial charge is 0.379 e. The maximum atomic E-state index is 13.8. The summed E-state index contributed by atoms with van der Waals surface area (Å²) in [6, 6.07) is 16.0. The Bertz CT molecular complexity index is 2590. The van der Waals surface area contributed by atoms with E-state index in [1.54, 1.807) is 29.8 Å². The summed E-state index contributed by atoms with van der Waals surface area (Å²) in [6.07, 6.45) is 3.94. The predicted octanol–water partition coefficient (Wildman–Crippen LogP) is 5.71. The maximum absolute atomic E-state index is 13.8. The first kappa shape index (κ1) is 52.7. The van der Waals surface area contributed by atoms with Crippen LogP contribution >= 0.6 is 22.9 Å². The lowest BCUT2D eigenvalue weighted by molar-refractivity contribution is -0.123. The Morgan fingerprint density at radius 2 is 1.51 bits per heavy atom. The third kappa shape index (κ3) is 14.5. The lowest BCUT2D eigenvalue weighted by Gasteiger charge is -2.36. The predicted molar refractivity (Wildman–Crippen MR) is 278 cm³/mol. The molecule has 0 bridgehead atoms. The minimum atomic E-state index is -0.579. The highest BCUT2D eigenvalue weighted by Gasteiger charge is 2.32. The number of aryl methyl sites for hydroxylation is 2. The number of benzene rings is 2. The molecule has 8 rings (SSSR count). The average Bonchev–Trinajstić information content (AvgIpc) is 3.87. The first-order chi connectivity index (χ1) is 35.1. The number of carbonyl (C=O) groups is 2. The Labute approximate surface area is 429 Å². The summed E-state index contributed by atoms with van der Waals surface area (Å²) in [5.74, 6) is 2.47. The number of aliphatic imine (C=N–C) groups is 1. The van der Waals surface area contributed by atoms with E-state index in [2.05, 4.69) is 64.7 Å². The molecule has 2 fully saturated rings. The van der Waals surface area contributed by atoms with E-state index in [9.17, 15) is 14.0 Å². The van der Waals surface area contributed by atoms with Crippen molar-refractivity contribution in [1.29, 1.82) is 0 Å². The van der Waals surface area contributed by atoms with Gasteiger partial charge in [0.25, 0.3) is 0 Å². The van der Waals surface area contributed by atoms with Crippen molar-refractivity contribution in [2.24, 2.45) is 4.99 Å². The van der Waals surface area contributed by atoms with Crippen molar-refractivity contribution in [3.8, 4) is 5.00 Å². The molecule has 6 heterocycles. The van der Waals surface area contributed by atoms with Crippen molar-refractivity contribution in [2.75, 3.05) is 127 Å². The number of hydrogen-bond donors (Lipinski definition) is 3. The number of piperazine rings is 1. The van der Waals surface area contributed by atoms with Crippen molar-refractivity contribution < 1.29 is 32.9 Å². The topological polar surface area (TPSA) is 186 Å².